The molecular formula is C29H32N2O6S2. The molecule has 206 valence electrons. The van der Waals surface area contributed by atoms with Gasteiger partial charge in [-0.25, -0.2) is 13.4 Å². The molecule has 3 aromatic carbocycles. The second kappa shape index (κ2) is 12.7. The SMILES string of the molecule is CCCCc1ccc(OC(C(=O)Nc2nc3cc(CO)c(CO)cc3s2)c2ccc(S(=O)(=O)CC)cc2)cc1. The maximum absolute atomic E-state index is 13.5. The Morgan fingerprint density at radius 3 is 2.28 bits per heavy atom. The predicted molar refractivity (Wildman–Crippen MR) is 153 cm³/mol. The van der Waals surface area contributed by atoms with Crippen LogP contribution in [0, 0.1) is 0 Å². The van der Waals surface area contributed by atoms with E-state index in [9.17, 15) is 23.4 Å². The van der Waals surface area contributed by atoms with Crippen molar-refractivity contribution in [2.45, 2.75) is 57.3 Å². The zero-order valence-electron chi connectivity index (χ0n) is 21.9. The van der Waals surface area contributed by atoms with Crippen LogP contribution in [0.2, 0.25) is 0 Å². The quantitative estimate of drug-likeness (QED) is 0.215. The number of nitrogens with one attached hydrogen (secondary N) is 1. The highest BCUT2D eigenvalue weighted by molar-refractivity contribution is 7.91. The van der Waals surface area contributed by atoms with Crippen LogP contribution in [0.5, 0.6) is 5.75 Å². The summed E-state index contributed by atoms with van der Waals surface area (Å²) in [6.45, 7) is 3.27. The predicted octanol–water partition coefficient (Wildman–Crippen LogP) is 5.18. The number of aliphatic hydroxyl groups is 2. The number of amides is 1. The van der Waals surface area contributed by atoms with E-state index < -0.39 is 21.8 Å². The van der Waals surface area contributed by atoms with Gasteiger partial charge in [-0.05, 0) is 65.9 Å². The van der Waals surface area contributed by atoms with Gasteiger partial charge in [0.2, 0.25) is 6.10 Å². The summed E-state index contributed by atoms with van der Waals surface area (Å²) in [5, 5.41) is 22.3. The van der Waals surface area contributed by atoms with E-state index >= 15 is 0 Å². The molecule has 0 bridgehead atoms. The lowest BCUT2D eigenvalue weighted by molar-refractivity contribution is -0.123. The number of thiazole rings is 1. The number of ether oxygens (including phenoxy) is 1. The Kier molecular flexibility index (Phi) is 9.34. The highest BCUT2D eigenvalue weighted by Gasteiger charge is 2.25. The fourth-order valence-electron chi connectivity index (χ4n) is 4.12. The topological polar surface area (TPSA) is 126 Å². The van der Waals surface area contributed by atoms with Crippen LogP contribution in [-0.2, 0) is 34.3 Å². The molecule has 10 heteroatoms. The first-order valence-electron chi connectivity index (χ1n) is 12.8. The molecule has 0 saturated heterocycles. The summed E-state index contributed by atoms with van der Waals surface area (Å²) < 4.78 is 31.5. The van der Waals surface area contributed by atoms with Crippen LogP contribution >= 0.6 is 11.3 Å². The summed E-state index contributed by atoms with van der Waals surface area (Å²) in [6, 6.07) is 17.2. The van der Waals surface area contributed by atoms with Gasteiger partial charge in [0.05, 0.1) is 34.1 Å². The summed E-state index contributed by atoms with van der Waals surface area (Å²) in [5.74, 6) is 0.00943. The van der Waals surface area contributed by atoms with Crippen molar-refractivity contribution in [3.8, 4) is 5.75 Å². The fourth-order valence-corrected chi connectivity index (χ4v) is 5.92. The Morgan fingerprint density at radius 2 is 1.67 bits per heavy atom. The molecule has 0 aliphatic carbocycles. The minimum absolute atomic E-state index is 0.0231. The second-order valence-electron chi connectivity index (χ2n) is 9.13. The van der Waals surface area contributed by atoms with Crippen LogP contribution in [0.25, 0.3) is 10.2 Å². The smallest absolute Gasteiger partial charge is 0.271 e. The summed E-state index contributed by atoms with van der Waals surface area (Å²) >= 11 is 1.24. The summed E-state index contributed by atoms with van der Waals surface area (Å²) in [6.07, 6.45) is 2.07. The molecular weight excluding hydrogens is 536 g/mol. The van der Waals surface area contributed by atoms with Crippen molar-refractivity contribution < 1.29 is 28.2 Å². The van der Waals surface area contributed by atoms with Gasteiger partial charge in [-0.3, -0.25) is 10.1 Å². The number of fused-ring (bicyclic) bond motifs is 1. The average molecular weight is 569 g/mol. The number of anilines is 1. The monoisotopic (exact) mass is 568 g/mol. The van der Waals surface area contributed by atoms with E-state index in [2.05, 4.69) is 17.2 Å². The first kappa shape index (κ1) is 28.7. The second-order valence-corrected chi connectivity index (χ2v) is 12.4. The van der Waals surface area contributed by atoms with Crippen LogP contribution in [0.1, 0.15) is 55.0 Å². The zero-order chi connectivity index (χ0) is 28.0. The molecule has 39 heavy (non-hydrogen) atoms. The fraction of sp³-hybridized carbons (Fsp3) is 0.310. The lowest BCUT2D eigenvalue weighted by atomic mass is 10.1. The van der Waals surface area contributed by atoms with Crippen molar-refractivity contribution in [2.24, 2.45) is 0 Å². The van der Waals surface area contributed by atoms with Crippen LogP contribution in [0.15, 0.2) is 65.6 Å². The number of hydrogen-bond acceptors (Lipinski definition) is 8. The molecule has 0 aliphatic heterocycles. The minimum Gasteiger partial charge on any atom is -0.476 e. The molecule has 4 aromatic rings. The van der Waals surface area contributed by atoms with E-state index in [1.165, 1.54) is 29.0 Å². The number of aryl methyl sites for hydroxylation is 1. The summed E-state index contributed by atoms with van der Waals surface area (Å²) in [4.78, 5) is 18.2. The largest absolute Gasteiger partial charge is 0.476 e. The van der Waals surface area contributed by atoms with Gasteiger partial charge in [-0.15, -0.1) is 0 Å². The third kappa shape index (κ3) is 6.83. The van der Waals surface area contributed by atoms with E-state index in [1.807, 2.05) is 24.3 Å². The Hall–Kier alpha value is -3.31. The van der Waals surface area contributed by atoms with Gasteiger partial charge >= 0.3 is 0 Å². The highest BCUT2D eigenvalue weighted by atomic mass is 32.2. The van der Waals surface area contributed by atoms with Gasteiger partial charge in [0.15, 0.2) is 15.0 Å². The Bertz CT molecular complexity index is 1490. The number of nitrogens with zero attached hydrogens (tertiary/aromatic N) is 1. The molecule has 0 fully saturated rings. The number of benzene rings is 3. The molecule has 4 rings (SSSR count). The molecule has 0 radical (unpaired) electrons. The standard InChI is InChI=1S/C29H32N2O6S2/c1-3-5-6-19-7-11-23(12-8-19)37-27(20-9-13-24(14-10-20)39(35,36)4-2)28(34)31-29-30-25-15-21(17-32)22(18-33)16-26(25)38-29/h7-16,27,32-33H,3-6,17-18H2,1-2H3,(H,30,31,34). The van der Waals surface area contributed by atoms with E-state index in [-0.39, 0.29) is 23.9 Å². The number of carbonyl (C=O) groups excluding carboxylic acids is 1. The summed E-state index contributed by atoms with van der Waals surface area (Å²) in [5.41, 5.74) is 3.42. The number of carbonyl (C=O) groups is 1. The Labute approximate surface area is 232 Å². The molecule has 8 nitrogen and oxygen atoms in total. The third-order valence-electron chi connectivity index (χ3n) is 6.44. The first-order chi connectivity index (χ1) is 18.8. The zero-order valence-corrected chi connectivity index (χ0v) is 23.5. The van der Waals surface area contributed by atoms with E-state index in [0.29, 0.717) is 33.1 Å². The number of rotatable bonds is 12. The van der Waals surface area contributed by atoms with Gasteiger partial charge in [-0.2, -0.15) is 0 Å². The van der Waals surface area contributed by atoms with Crippen LogP contribution in [-0.4, -0.2) is 35.3 Å². The lowest BCUT2D eigenvalue weighted by Crippen LogP contribution is -2.25. The molecule has 1 aromatic heterocycles. The van der Waals surface area contributed by atoms with Gasteiger partial charge in [0.1, 0.15) is 5.75 Å². The van der Waals surface area contributed by atoms with Crippen molar-refractivity contribution in [3.05, 3.63) is 82.9 Å². The van der Waals surface area contributed by atoms with Crippen molar-refractivity contribution in [1.29, 1.82) is 0 Å². The molecule has 1 unspecified atom stereocenters. The van der Waals surface area contributed by atoms with Crippen molar-refractivity contribution in [3.63, 3.8) is 0 Å². The first-order valence-corrected chi connectivity index (χ1v) is 15.3. The van der Waals surface area contributed by atoms with Gasteiger partial charge in [0, 0.05) is 5.56 Å². The molecule has 1 heterocycles. The minimum atomic E-state index is -3.39. The molecule has 0 saturated carbocycles. The van der Waals surface area contributed by atoms with E-state index in [4.69, 9.17) is 4.74 Å². The number of sulfone groups is 1. The van der Waals surface area contributed by atoms with E-state index in [1.54, 1.807) is 31.2 Å². The highest BCUT2D eigenvalue weighted by Crippen LogP contribution is 2.31. The molecule has 0 aliphatic rings. The Morgan fingerprint density at radius 1 is 1.00 bits per heavy atom. The number of aliphatic hydroxyl groups excluding tert-OH is 2. The number of unbranched alkanes of at least 4 members (excludes halogenated alkanes) is 1. The van der Waals surface area contributed by atoms with Gasteiger partial charge in [-0.1, -0.05) is 55.9 Å². The van der Waals surface area contributed by atoms with E-state index in [0.717, 1.165) is 24.0 Å². The molecule has 1 atom stereocenters. The number of hydrogen-bond donors (Lipinski definition) is 3. The summed E-state index contributed by atoms with van der Waals surface area (Å²) in [7, 11) is -3.39. The van der Waals surface area contributed by atoms with Gasteiger partial charge in [0.25, 0.3) is 5.91 Å². The number of aromatic nitrogens is 1. The average Bonchev–Trinajstić information content (AvgIpc) is 3.35. The van der Waals surface area contributed by atoms with Crippen LogP contribution < -0.4 is 10.1 Å². The van der Waals surface area contributed by atoms with Crippen LogP contribution in [0.3, 0.4) is 0 Å². The Balaban J connectivity index is 1.63. The lowest BCUT2D eigenvalue weighted by Gasteiger charge is -2.19. The molecule has 1 amide bonds. The molecule has 0 spiro atoms. The maximum atomic E-state index is 13.5. The van der Waals surface area contributed by atoms with Crippen molar-refractivity contribution in [1.82, 2.24) is 4.98 Å². The van der Waals surface area contributed by atoms with Crippen molar-refractivity contribution >= 4 is 42.4 Å². The van der Waals surface area contributed by atoms with Gasteiger partial charge < -0.3 is 14.9 Å². The normalized spacial score (nSPS) is 12.4. The van der Waals surface area contributed by atoms with Crippen molar-refractivity contribution in [2.75, 3.05) is 11.1 Å². The van der Waals surface area contributed by atoms with Crippen LogP contribution in [0.4, 0.5) is 5.13 Å². The maximum Gasteiger partial charge on any atom is 0.271 e. The third-order valence-corrected chi connectivity index (χ3v) is 9.12. The molecule has 3 N–H and O–H groups in total.